The maximum atomic E-state index is 11.6. The van der Waals surface area contributed by atoms with Gasteiger partial charge in [-0.3, -0.25) is 4.79 Å². The van der Waals surface area contributed by atoms with E-state index in [1.54, 1.807) is 6.92 Å². The average molecular weight is 235 g/mol. The van der Waals surface area contributed by atoms with Crippen molar-refractivity contribution in [3.8, 4) is 0 Å². The molecule has 1 amide bonds. The molecule has 2 nitrogen and oxygen atoms in total. The summed E-state index contributed by atoms with van der Waals surface area (Å²) in [6.07, 6.45) is 12.5. The maximum Gasteiger partial charge on any atom is 0.220 e. The molecule has 96 valence electrons. The van der Waals surface area contributed by atoms with E-state index in [1.807, 2.05) is 4.90 Å². The second-order valence-electron chi connectivity index (χ2n) is 5.77. The highest BCUT2D eigenvalue weighted by Gasteiger charge is 2.22. The third-order valence-corrected chi connectivity index (χ3v) is 3.20. The molecule has 1 atom stereocenters. The van der Waals surface area contributed by atoms with Gasteiger partial charge in [-0.2, -0.15) is 0 Å². The van der Waals surface area contributed by atoms with Gasteiger partial charge in [-0.25, -0.2) is 0 Å². The number of allylic oxidation sites excluding steroid dienone is 3. The fraction of sp³-hybridized carbons (Fsp3) is 0.667. The first-order valence-corrected chi connectivity index (χ1v) is 6.51. The summed E-state index contributed by atoms with van der Waals surface area (Å²) in [7, 11) is 0. The second kappa shape index (κ2) is 6.04. The lowest BCUT2D eigenvalue weighted by molar-refractivity contribution is -0.132. The van der Waals surface area contributed by atoms with Crippen molar-refractivity contribution in [2.45, 2.75) is 52.5 Å². The number of carbonyl (C=O) groups excluding carboxylic acids is 1. The SMILES string of the molecule is CC(=O)N(C/C=C\C1CC=CCC1)C(C)(C)C. The van der Waals surface area contributed by atoms with Gasteiger partial charge in [-0.1, -0.05) is 24.3 Å². The first-order chi connectivity index (χ1) is 7.91. The highest BCUT2D eigenvalue weighted by Crippen LogP contribution is 2.19. The van der Waals surface area contributed by atoms with Crippen LogP contribution in [0.1, 0.15) is 47.0 Å². The Morgan fingerprint density at radius 3 is 2.59 bits per heavy atom. The largest absolute Gasteiger partial charge is 0.334 e. The third kappa shape index (κ3) is 4.76. The molecule has 0 saturated carbocycles. The molecule has 1 aliphatic carbocycles. The van der Waals surface area contributed by atoms with Gasteiger partial charge < -0.3 is 4.90 Å². The fourth-order valence-corrected chi connectivity index (χ4v) is 2.23. The normalized spacial score (nSPS) is 20.8. The Kier molecular flexibility index (Phi) is 4.98. The monoisotopic (exact) mass is 235 g/mol. The number of nitrogens with zero attached hydrogens (tertiary/aromatic N) is 1. The second-order valence-corrected chi connectivity index (χ2v) is 5.77. The van der Waals surface area contributed by atoms with Gasteiger partial charge >= 0.3 is 0 Å². The minimum absolute atomic E-state index is 0.0946. The van der Waals surface area contributed by atoms with Gasteiger partial charge in [0.05, 0.1) is 0 Å². The lowest BCUT2D eigenvalue weighted by Gasteiger charge is -2.34. The smallest absolute Gasteiger partial charge is 0.220 e. The molecule has 0 aliphatic heterocycles. The lowest BCUT2D eigenvalue weighted by Crippen LogP contribution is -2.44. The first-order valence-electron chi connectivity index (χ1n) is 6.51. The molecule has 17 heavy (non-hydrogen) atoms. The molecule has 0 saturated heterocycles. The average Bonchev–Trinajstić information content (AvgIpc) is 2.23. The number of rotatable bonds is 3. The highest BCUT2D eigenvalue weighted by atomic mass is 16.2. The molecular weight excluding hydrogens is 210 g/mol. The van der Waals surface area contributed by atoms with Gasteiger partial charge in [-0.05, 0) is 46.0 Å². The van der Waals surface area contributed by atoms with Crippen LogP contribution in [0.3, 0.4) is 0 Å². The van der Waals surface area contributed by atoms with Crippen LogP contribution in [0.4, 0.5) is 0 Å². The van der Waals surface area contributed by atoms with Crippen LogP contribution in [0.25, 0.3) is 0 Å². The van der Waals surface area contributed by atoms with E-state index in [9.17, 15) is 4.79 Å². The topological polar surface area (TPSA) is 20.3 Å². The molecule has 0 bridgehead atoms. The molecule has 0 spiro atoms. The van der Waals surface area contributed by atoms with Gasteiger partial charge in [0.25, 0.3) is 0 Å². The molecule has 0 aromatic carbocycles. The Balaban J connectivity index is 2.49. The molecule has 0 radical (unpaired) electrons. The fourth-order valence-electron chi connectivity index (χ4n) is 2.23. The molecule has 1 unspecified atom stereocenters. The maximum absolute atomic E-state index is 11.6. The summed E-state index contributed by atoms with van der Waals surface area (Å²) in [6.45, 7) is 8.59. The minimum Gasteiger partial charge on any atom is -0.334 e. The van der Waals surface area contributed by atoms with Gasteiger partial charge in [0.2, 0.25) is 5.91 Å². The van der Waals surface area contributed by atoms with E-state index in [0.29, 0.717) is 5.92 Å². The number of carbonyl (C=O) groups is 1. The minimum atomic E-state index is -0.0946. The van der Waals surface area contributed by atoms with E-state index in [1.165, 1.54) is 12.8 Å². The van der Waals surface area contributed by atoms with Crippen molar-refractivity contribution in [1.29, 1.82) is 0 Å². The Hall–Kier alpha value is -1.05. The van der Waals surface area contributed by atoms with E-state index in [2.05, 4.69) is 45.1 Å². The highest BCUT2D eigenvalue weighted by molar-refractivity contribution is 5.74. The summed E-state index contributed by atoms with van der Waals surface area (Å²) in [6, 6.07) is 0. The lowest BCUT2D eigenvalue weighted by atomic mass is 9.94. The van der Waals surface area contributed by atoms with E-state index in [4.69, 9.17) is 0 Å². The van der Waals surface area contributed by atoms with Gasteiger partial charge in [0.15, 0.2) is 0 Å². The van der Waals surface area contributed by atoms with Crippen LogP contribution in [0.15, 0.2) is 24.3 Å². The van der Waals surface area contributed by atoms with Crippen LogP contribution in [0.2, 0.25) is 0 Å². The summed E-state index contributed by atoms with van der Waals surface area (Å²) in [5, 5.41) is 0. The Labute approximate surface area is 105 Å². The summed E-state index contributed by atoms with van der Waals surface area (Å²) >= 11 is 0. The van der Waals surface area contributed by atoms with Gasteiger partial charge in [0, 0.05) is 19.0 Å². The van der Waals surface area contributed by atoms with Gasteiger partial charge in [0.1, 0.15) is 0 Å². The van der Waals surface area contributed by atoms with Crippen LogP contribution in [-0.2, 0) is 4.79 Å². The molecule has 1 rings (SSSR count). The molecule has 0 aromatic rings. The van der Waals surface area contributed by atoms with E-state index < -0.39 is 0 Å². The molecule has 0 heterocycles. The van der Waals surface area contributed by atoms with Crippen LogP contribution in [-0.4, -0.2) is 22.9 Å². The van der Waals surface area contributed by atoms with Gasteiger partial charge in [-0.15, -0.1) is 0 Å². The number of amides is 1. The number of hydrogen-bond acceptors (Lipinski definition) is 1. The van der Waals surface area contributed by atoms with Crippen molar-refractivity contribution < 1.29 is 4.79 Å². The standard InChI is InChI=1S/C15H25NO/c1-13(17)16(15(2,3)4)12-8-11-14-9-6-5-7-10-14/h5-6,8,11,14H,7,9-10,12H2,1-4H3/b11-8-. The van der Waals surface area contributed by atoms with Crippen molar-refractivity contribution in [3.05, 3.63) is 24.3 Å². The van der Waals surface area contributed by atoms with Crippen molar-refractivity contribution in [3.63, 3.8) is 0 Å². The number of hydrogen-bond donors (Lipinski definition) is 0. The zero-order valence-corrected chi connectivity index (χ0v) is 11.6. The Bertz CT molecular complexity index is 309. The third-order valence-electron chi connectivity index (χ3n) is 3.20. The van der Waals surface area contributed by atoms with Crippen molar-refractivity contribution >= 4 is 5.91 Å². The van der Waals surface area contributed by atoms with Crippen molar-refractivity contribution in [2.24, 2.45) is 5.92 Å². The Morgan fingerprint density at radius 1 is 1.41 bits per heavy atom. The summed E-state index contributed by atoms with van der Waals surface area (Å²) in [4.78, 5) is 13.5. The van der Waals surface area contributed by atoms with Crippen LogP contribution >= 0.6 is 0 Å². The predicted molar refractivity (Wildman–Crippen MR) is 72.8 cm³/mol. The summed E-state index contributed by atoms with van der Waals surface area (Å²) in [5.41, 5.74) is -0.0946. The van der Waals surface area contributed by atoms with Crippen molar-refractivity contribution in [1.82, 2.24) is 4.90 Å². The molecule has 2 heteroatoms. The van der Waals surface area contributed by atoms with Crippen LogP contribution < -0.4 is 0 Å². The van der Waals surface area contributed by atoms with E-state index in [0.717, 1.165) is 13.0 Å². The zero-order valence-electron chi connectivity index (χ0n) is 11.6. The molecule has 0 fully saturated rings. The summed E-state index contributed by atoms with van der Waals surface area (Å²) < 4.78 is 0. The van der Waals surface area contributed by atoms with E-state index >= 15 is 0 Å². The predicted octanol–water partition coefficient (Wildman–Crippen LogP) is 3.55. The zero-order chi connectivity index (χ0) is 12.9. The first kappa shape index (κ1) is 14.0. The van der Waals surface area contributed by atoms with Crippen molar-refractivity contribution in [2.75, 3.05) is 6.54 Å². The van der Waals surface area contributed by atoms with E-state index in [-0.39, 0.29) is 11.4 Å². The van der Waals surface area contributed by atoms with Crippen LogP contribution in [0.5, 0.6) is 0 Å². The summed E-state index contributed by atoms with van der Waals surface area (Å²) in [5.74, 6) is 0.805. The molecule has 1 aliphatic rings. The molecule has 0 aromatic heterocycles. The van der Waals surface area contributed by atoms with Crippen LogP contribution in [0, 0.1) is 5.92 Å². The Morgan fingerprint density at radius 2 is 2.12 bits per heavy atom. The molecular formula is C15H25NO. The molecule has 0 N–H and O–H groups in total. The quantitative estimate of drug-likeness (QED) is 0.685.